The van der Waals surface area contributed by atoms with Gasteiger partial charge in [0.1, 0.15) is 16.1 Å². The number of ether oxygens (including phenoxy) is 2. The van der Waals surface area contributed by atoms with Crippen LogP contribution in [0.3, 0.4) is 0 Å². The van der Waals surface area contributed by atoms with E-state index in [0.29, 0.717) is 24.7 Å². The van der Waals surface area contributed by atoms with Gasteiger partial charge in [-0.25, -0.2) is 0 Å². The smallest absolute Gasteiger partial charge is 0.512 e. The summed E-state index contributed by atoms with van der Waals surface area (Å²) in [6.45, 7) is 22.7. The quantitative estimate of drug-likeness (QED) is 0.0274. The molecule has 0 aromatic heterocycles. The van der Waals surface area contributed by atoms with Crippen molar-refractivity contribution in [2.45, 2.75) is 117 Å². The van der Waals surface area contributed by atoms with E-state index in [1.54, 1.807) is 0 Å². The maximum absolute atomic E-state index is 10.9. The van der Waals surface area contributed by atoms with Crippen molar-refractivity contribution in [3.8, 4) is 46.6 Å². The number of carbonyl (C=O) groups excluding carboxylic acids is 2. The van der Waals surface area contributed by atoms with Crippen LogP contribution in [0.25, 0.3) is 0 Å². The van der Waals surface area contributed by atoms with Gasteiger partial charge in [0.05, 0.1) is 14.2 Å². The van der Waals surface area contributed by atoms with Crippen LogP contribution in [0.4, 0.5) is 0 Å². The molecular weight excluding hydrogens is 820 g/mol. The first-order valence-electron chi connectivity index (χ1n) is 17.1. The van der Waals surface area contributed by atoms with Gasteiger partial charge in [0.2, 0.25) is 0 Å². The average molecular weight is 880 g/mol. The minimum Gasteiger partial charge on any atom is -0.512 e. The first kappa shape index (κ1) is 62.8. The summed E-state index contributed by atoms with van der Waals surface area (Å²) in [5, 5.41) is 15.2. The minimum absolute atomic E-state index is 0. The van der Waals surface area contributed by atoms with Crippen LogP contribution in [-0.2, 0) is 41.4 Å². The van der Waals surface area contributed by atoms with E-state index >= 15 is 0 Å². The van der Waals surface area contributed by atoms with Crippen molar-refractivity contribution in [2.75, 3.05) is 14.2 Å². The fourth-order valence-corrected chi connectivity index (χ4v) is 4.50. The molecule has 0 saturated heterocycles. The Bertz CT molecular complexity index is 1250. The van der Waals surface area contributed by atoms with Crippen molar-refractivity contribution in [2.24, 2.45) is 17.2 Å². The summed E-state index contributed by atoms with van der Waals surface area (Å²) in [7, 11) is 0.356. The topological polar surface area (TPSA) is 129 Å². The number of unbranched alkanes of at least 4 members (excludes halogenated alkanes) is 4. The SMILES string of the molecule is COC(=O)CCCCC#C/C=C/C=C[C@H](C)CC#C[Si](C)(C)C.COC(=O)CCCCC#C/C=C/C=C[C@H](C)CC#C[Si](C)(C)C.O=N[O-].[Ag].[C-]#N.[K+]. The number of rotatable bonds is 14. The summed E-state index contributed by atoms with van der Waals surface area (Å²) in [6, 6.07) is 0. The molecule has 291 valence electrons. The molecule has 0 aliphatic heterocycles. The van der Waals surface area contributed by atoms with Gasteiger partial charge in [-0.3, -0.25) is 9.59 Å². The predicted octanol–water partition coefficient (Wildman–Crippen LogP) is 6.83. The molecule has 0 spiro atoms. The van der Waals surface area contributed by atoms with E-state index < -0.39 is 16.1 Å². The first-order chi connectivity index (χ1) is 24.1. The third-order valence-corrected chi connectivity index (χ3v) is 7.61. The third-order valence-electron chi connectivity index (χ3n) is 5.76. The van der Waals surface area contributed by atoms with Gasteiger partial charge in [-0.05, 0) is 49.7 Å². The van der Waals surface area contributed by atoms with Crippen LogP contribution < -0.4 is 51.4 Å². The predicted molar refractivity (Wildman–Crippen MR) is 217 cm³/mol. The third kappa shape index (κ3) is 65.2. The molecule has 0 N–H and O–H groups in total. The maximum atomic E-state index is 10.9. The second-order valence-electron chi connectivity index (χ2n) is 13.2. The Labute approximate surface area is 382 Å². The van der Waals surface area contributed by atoms with Crippen molar-refractivity contribution in [3.05, 3.63) is 65.3 Å². The van der Waals surface area contributed by atoms with E-state index in [2.05, 4.69) is 121 Å². The van der Waals surface area contributed by atoms with Crippen molar-refractivity contribution in [1.82, 2.24) is 0 Å². The molecule has 1 radical (unpaired) electrons. The van der Waals surface area contributed by atoms with Gasteiger partial charge >= 0.3 is 63.3 Å². The summed E-state index contributed by atoms with van der Waals surface area (Å²) >= 11 is 0. The van der Waals surface area contributed by atoms with Crippen LogP contribution in [0.15, 0.2) is 53.9 Å². The molecule has 0 bridgehead atoms. The fourth-order valence-electron chi connectivity index (χ4n) is 3.24. The van der Waals surface area contributed by atoms with E-state index in [-0.39, 0.29) is 85.7 Å². The Morgan fingerprint density at radius 3 is 1.30 bits per heavy atom. The van der Waals surface area contributed by atoms with Crippen LogP contribution >= 0.6 is 0 Å². The molecule has 8 nitrogen and oxygen atoms in total. The fraction of sp³-hybridized carbons (Fsp3) is 0.537. The Morgan fingerprint density at radius 1 is 0.698 bits per heavy atom. The van der Waals surface area contributed by atoms with Crippen molar-refractivity contribution in [3.63, 3.8) is 0 Å². The zero-order chi connectivity index (χ0) is 39.8. The summed E-state index contributed by atoms with van der Waals surface area (Å²) in [5.41, 5.74) is 6.77. The van der Waals surface area contributed by atoms with Crippen LogP contribution in [0.5, 0.6) is 0 Å². The number of hydrogen-bond acceptors (Lipinski definition) is 8. The number of esters is 2. The molecule has 12 heteroatoms. The summed E-state index contributed by atoms with van der Waals surface area (Å²) in [6.07, 6.45) is 24.0. The van der Waals surface area contributed by atoms with Gasteiger partial charge in [0, 0.05) is 60.9 Å². The van der Waals surface area contributed by atoms with Gasteiger partial charge in [-0.2, -0.15) is 0 Å². The van der Waals surface area contributed by atoms with Crippen LogP contribution in [0, 0.1) is 80.4 Å². The van der Waals surface area contributed by atoms with Crippen molar-refractivity contribution in [1.29, 1.82) is 5.26 Å². The van der Waals surface area contributed by atoms with Gasteiger partial charge in [-0.15, -0.1) is 28.3 Å². The monoisotopic (exact) mass is 878 g/mol. The van der Waals surface area contributed by atoms with Crippen molar-refractivity contribution < 1.29 is 92.8 Å². The van der Waals surface area contributed by atoms with Gasteiger partial charge in [-0.1, -0.05) is 113 Å². The van der Waals surface area contributed by atoms with E-state index in [1.165, 1.54) is 14.2 Å². The summed E-state index contributed by atoms with van der Waals surface area (Å²) < 4.78 is 9.16. The maximum Gasteiger partial charge on any atom is 1.00 e. The number of hydrogen-bond donors (Lipinski definition) is 0. The molecule has 0 aromatic carbocycles. The zero-order valence-electron chi connectivity index (χ0n) is 34.0. The Morgan fingerprint density at radius 2 is 1.02 bits per heavy atom. The molecule has 0 amide bonds. The van der Waals surface area contributed by atoms with Crippen LogP contribution in [0.2, 0.25) is 39.3 Å². The Hall–Kier alpha value is -2.16. The molecular formula is C41H60AgKN2O6Si2-. The van der Waals surface area contributed by atoms with Crippen LogP contribution in [-0.4, -0.2) is 42.3 Å². The second-order valence-corrected chi connectivity index (χ2v) is 22.7. The van der Waals surface area contributed by atoms with Crippen LogP contribution in [0.1, 0.15) is 78.1 Å². The summed E-state index contributed by atoms with van der Waals surface area (Å²) in [5.74, 6) is 19.4. The summed E-state index contributed by atoms with van der Waals surface area (Å²) in [4.78, 5) is 29.8. The minimum atomic E-state index is -1.24. The molecule has 0 aromatic rings. The first-order valence-corrected chi connectivity index (χ1v) is 24.1. The van der Waals surface area contributed by atoms with E-state index in [9.17, 15) is 9.59 Å². The van der Waals surface area contributed by atoms with Gasteiger partial charge < -0.3 is 31.4 Å². The molecule has 2 atom stereocenters. The molecule has 0 aliphatic rings. The number of nitrogens with zero attached hydrogens (tertiary/aromatic N) is 2. The molecule has 0 rings (SSSR count). The molecule has 0 fully saturated rings. The molecule has 0 aliphatic carbocycles. The molecule has 0 unspecified atom stereocenters. The second kappa shape index (κ2) is 46.0. The zero-order valence-corrected chi connectivity index (χ0v) is 40.6. The van der Waals surface area contributed by atoms with E-state index in [1.807, 2.05) is 36.5 Å². The number of carbonyl (C=O) groups is 2. The normalized spacial score (nSPS) is 11.0. The van der Waals surface area contributed by atoms with E-state index in [4.69, 9.17) is 21.9 Å². The van der Waals surface area contributed by atoms with E-state index in [0.717, 1.165) is 56.7 Å². The largest absolute Gasteiger partial charge is 1.00 e. The molecule has 0 saturated carbocycles. The van der Waals surface area contributed by atoms with Gasteiger partial charge in [0.15, 0.2) is 0 Å². The Balaban J connectivity index is -0.000000179. The standard InChI is InChI=1S/2C20H30O2Si.CN.Ag.K.HNO2/c2*1-19(16-14-18-23(3,4)5)15-12-10-8-6-7-9-11-13-17-20(21)22-2;1-2;;;2-1-3/h2*8,10,12,15,19H,9,11,13,16-17H2,1-5H3;;;;(H,2,3)/q;;-1;;+1;/p-1/b2*10-8+,15-12?;;;;/t2*19-;;;;/m00..../s1. The number of methoxy groups -OCH3 is 2. The van der Waals surface area contributed by atoms with Gasteiger partial charge in [0.25, 0.3) is 0 Å². The average Bonchev–Trinajstić information content (AvgIpc) is 3.06. The number of allylic oxidation sites excluding steroid dienone is 8. The van der Waals surface area contributed by atoms with Crippen molar-refractivity contribution >= 4 is 28.1 Å². The Kier molecular flexibility index (Phi) is 54.5. The molecule has 0 heterocycles. The molecule has 53 heavy (non-hydrogen) atoms.